The summed E-state index contributed by atoms with van der Waals surface area (Å²) < 4.78 is 2.24. The molecule has 1 aromatic heterocycles. The first kappa shape index (κ1) is 12.0. The lowest BCUT2D eigenvalue weighted by atomic mass is 9.86. The van der Waals surface area contributed by atoms with E-state index in [-0.39, 0.29) is 0 Å². The summed E-state index contributed by atoms with van der Waals surface area (Å²) in [5, 5.41) is 0. The molecule has 0 fully saturated rings. The van der Waals surface area contributed by atoms with Crippen molar-refractivity contribution in [3.8, 4) is 0 Å². The Morgan fingerprint density at radius 1 is 1.00 bits per heavy atom. The molecular weight excluding hydrogens is 270 g/mol. The molecule has 0 aliphatic carbocycles. The van der Waals surface area contributed by atoms with Gasteiger partial charge in [0.1, 0.15) is 0 Å². The van der Waals surface area contributed by atoms with Crippen LogP contribution in [0.5, 0.6) is 0 Å². The normalized spacial score (nSPS) is 18.7. The van der Waals surface area contributed by atoms with Gasteiger partial charge in [0.15, 0.2) is 0 Å². The second-order valence-electron chi connectivity index (χ2n) is 6.13. The zero-order valence-corrected chi connectivity index (χ0v) is 12.3. The minimum atomic E-state index is 0.402. The van der Waals surface area contributed by atoms with E-state index in [9.17, 15) is 0 Å². The molecule has 3 nitrogen and oxygen atoms in total. The lowest BCUT2D eigenvalue weighted by Gasteiger charge is -2.41. The summed E-state index contributed by atoms with van der Waals surface area (Å²) in [6.45, 7) is 1.06. The lowest BCUT2D eigenvalue weighted by Crippen LogP contribution is -2.33. The number of rotatable bonds is 1. The zero-order chi connectivity index (χ0) is 14.5. The third-order valence-electron chi connectivity index (χ3n) is 4.95. The van der Waals surface area contributed by atoms with Crippen molar-refractivity contribution in [2.75, 3.05) is 11.4 Å². The fraction of sp³-hybridized carbons (Fsp3) is 0.211. The summed E-state index contributed by atoms with van der Waals surface area (Å²) in [5.41, 5.74) is 7.11. The van der Waals surface area contributed by atoms with Crippen LogP contribution in [0.25, 0.3) is 0 Å². The highest BCUT2D eigenvalue weighted by Gasteiger charge is 2.32. The molecule has 5 rings (SSSR count). The Morgan fingerprint density at radius 2 is 1.91 bits per heavy atom. The first-order valence-electron chi connectivity index (χ1n) is 7.86. The lowest BCUT2D eigenvalue weighted by molar-refractivity contribution is 0.523. The molecule has 0 radical (unpaired) electrons. The average Bonchev–Trinajstić information content (AvgIpc) is 3.09. The highest BCUT2D eigenvalue weighted by molar-refractivity contribution is 5.78. The van der Waals surface area contributed by atoms with Crippen LogP contribution >= 0.6 is 0 Å². The van der Waals surface area contributed by atoms with E-state index in [1.807, 2.05) is 12.5 Å². The van der Waals surface area contributed by atoms with Crippen molar-refractivity contribution in [1.29, 1.82) is 0 Å². The van der Waals surface area contributed by atoms with Crippen molar-refractivity contribution in [3.63, 3.8) is 0 Å². The third-order valence-corrected chi connectivity index (χ3v) is 4.95. The number of anilines is 2. The van der Waals surface area contributed by atoms with Crippen LogP contribution in [-0.2, 0) is 6.42 Å². The van der Waals surface area contributed by atoms with E-state index in [1.54, 1.807) is 0 Å². The van der Waals surface area contributed by atoms with Gasteiger partial charge in [0, 0.05) is 36.7 Å². The maximum atomic E-state index is 4.23. The number of benzene rings is 2. The van der Waals surface area contributed by atoms with Crippen LogP contribution in [0.4, 0.5) is 11.4 Å². The molecule has 108 valence electrons. The Kier molecular flexibility index (Phi) is 2.45. The molecule has 0 saturated carbocycles. The van der Waals surface area contributed by atoms with Crippen LogP contribution in [0.2, 0.25) is 0 Å². The SMILES string of the molecule is c1ccc2c(c1)Cc1cccc3c1N2CCC3n1ccnc1. The molecule has 0 spiro atoms. The van der Waals surface area contributed by atoms with Gasteiger partial charge < -0.3 is 9.47 Å². The first-order chi connectivity index (χ1) is 10.9. The van der Waals surface area contributed by atoms with Crippen molar-refractivity contribution in [1.82, 2.24) is 9.55 Å². The zero-order valence-electron chi connectivity index (χ0n) is 12.3. The van der Waals surface area contributed by atoms with Gasteiger partial charge >= 0.3 is 0 Å². The van der Waals surface area contributed by atoms with E-state index in [4.69, 9.17) is 0 Å². The molecule has 3 heterocycles. The van der Waals surface area contributed by atoms with Crippen LogP contribution < -0.4 is 4.90 Å². The topological polar surface area (TPSA) is 21.1 Å². The van der Waals surface area contributed by atoms with E-state index in [2.05, 4.69) is 63.1 Å². The highest BCUT2D eigenvalue weighted by Crippen LogP contribution is 2.46. The minimum Gasteiger partial charge on any atom is -0.341 e. The van der Waals surface area contributed by atoms with Gasteiger partial charge in [0.05, 0.1) is 12.4 Å². The standard InChI is InChI=1S/C19H17N3/c1-2-7-17-14(4-1)12-15-5-3-6-16-18(21-11-9-20-13-21)8-10-22(17)19(15)16/h1-7,9,11,13,18H,8,10,12H2. The molecule has 0 saturated heterocycles. The van der Waals surface area contributed by atoms with Gasteiger partial charge in [-0.25, -0.2) is 4.98 Å². The summed E-state index contributed by atoms with van der Waals surface area (Å²) in [5.74, 6) is 0. The summed E-state index contributed by atoms with van der Waals surface area (Å²) in [6, 6.07) is 16.0. The predicted molar refractivity (Wildman–Crippen MR) is 87.7 cm³/mol. The van der Waals surface area contributed by atoms with Crippen molar-refractivity contribution in [2.45, 2.75) is 18.9 Å². The van der Waals surface area contributed by atoms with Gasteiger partial charge in [0.25, 0.3) is 0 Å². The molecule has 3 aromatic rings. The van der Waals surface area contributed by atoms with Crippen LogP contribution in [0.1, 0.15) is 29.2 Å². The Morgan fingerprint density at radius 3 is 2.82 bits per heavy atom. The number of imidazole rings is 1. The summed E-state index contributed by atoms with van der Waals surface area (Å²) in [6.07, 6.45) is 8.04. The Bertz CT molecular complexity index is 836. The Hall–Kier alpha value is -2.55. The van der Waals surface area contributed by atoms with E-state index in [1.165, 1.54) is 28.1 Å². The monoisotopic (exact) mass is 287 g/mol. The van der Waals surface area contributed by atoms with E-state index in [0.29, 0.717) is 6.04 Å². The molecule has 0 N–H and O–H groups in total. The molecule has 2 aromatic carbocycles. The van der Waals surface area contributed by atoms with E-state index >= 15 is 0 Å². The Labute approximate surface area is 129 Å². The van der Waals surface area contributed by atoms with Crippen molar-refractivity contribution < 1.29 is 0 Å². The number of fused-ring (bicyclic) bond motifs is 2. The third kappa shape index (κ3) is 1.59. The fourth-order valence-electron chi connectivity index (χ4n) is 4.00. The maximum Gasteiger partial charge on any atom is 0.0951 e. The molecular formula is C19H17N3. The smallest absolute Gasteiger partial charge is 0.0951 e. The fourth-order valence-corrected chi connectivity index (χ4v) is 4.00. The highest BCUT2D eigenvalue weighted by atomic mass is 15.2. The number of aromatic nitrogens is 2. The number of para-hydroxylation sites is 2. The summed E-state index contributed by atoms with van der Waals surface area (Å²) in [4.78, 5) is 6.74. The summed E-state index contributed by atoms with van der Waals surface area (Å²) >= 11 is 0. The summed E-state index contributed by atoms with van der Waals surface area (Å²) in [7, 11) is 0. The molecule has 2 aliphatic heterocycles. The minimum absolute atomic E-state index is 0.402. The van der Waals surface area contributed by atoms with Crippen LogP contribution in [-0.4, -0.2) is 16.1 Å². The quantitative estimate of drug-likeness (QED) is 0.676. The van der Waals surface area contributed by atoms with Gasteiger partial charge in [-0.2, -0.15) is 0 Å². The largest absolute Gasteiger partial charge is 0.341 e. The molecule has 0 amide bonds. The molecule has 2 aliphatic rings. The molecule has 1 atom stereocenters. The molecule has 1 unspecified atom stereocenters. The van der Waals surface area contributed by atoms with Crippen LogP contribution in [0.3, 0.4) is 0 Å². The van der Waals surface area contributed by atoms with Gasteiger partial charge in [-0.05, 0) is 29.2 Å². The second-order valence-corrected chi connectivity index (χ2v) is 6.13. The molecule has 3 heteroatoms. The van der Waals surface area contributed by atoms with Crippen LogP contribution in [0.15, 0.2) is 61.2 Å². The van der Waals surface area contributed by atoms with Crippen LogP contribution in [0, 0.1) is 0 Å². The van der Waals surface area contributed by atoms with Gasteiger partial charge in [0.2, 0.25) is 0 Å². The molecule has 22 heavy (non-hydrogen) atoms. The maximum absolute atomic E-state index is 4.23. The Balaban J connectivity index is 1.71. The predicted octanol–water partition coefficient (Wildman–Crippen LogP) is 3.92. The van der Waals surface area contributed by atoms with Gasteiger partial charge in [-0.1, -0.05) is 36.4 Å². The van der Waals surface area contributed by atoms with E-state index in [0.717, 1.165) is 19.4 Å². The average molecular weight is 287 g/mol. The second kappa shape index (κ2) is 4.47. The first-order valence-corrected chi connectivity index (χ1v) is 7.86. The van der Waals surface area contributed by atoms with Gasteiger partial charge in [-0.15, -0.1) is 0 Å². The van der Waals surface area contributed by atoms with Gasteiger partial charge in [-0.3, -0.25) is 0 Å². The van der Waals surface area contributed by atoms with Crippen molar-refractivity contribution in [3.05, 3.63) is 77.9 Å². The van der Waals surface area contributed by atoms with Crippen molar-refractivity contribution >= 4 is 11.4 Å². The molecule has 0 bridgehead atoms. The number of hydrogen-bond donors (Lipinski definition) is 0. The van der Waals surface area contributed by atoms with Crippen molar-refractivity contribution in [2.24, 2.45) is 0 Å². The number of hydrogen-bond acceptors (Lipinski definition) is 2. The van der Waals surface area contributed by atoms with E-state index < -0.39 is 0 Å². The number of nitrogens with zero attached hydrogens (tertiary/aromatic N) is 3.